The van der Waals surface area contributed by atoms with Crippen molar-refractivity contribution >= 4 is 22.6 Å². The molecule has 0 aromatic heterocycles. The lowest BCUT2D eigenvalue weighted by molar-refractivity contribution is -0.145. The van der Waals surface area contributed by atoms with Crippen molar-refractivity contribution in [1.82, 2.24) is 5.32 Å². The maximum Gasteiger partial charge on any atom is 0.308 e. The molecule has 4 heteroatoms. The van der Waals surface area contributed by atoms with Gasteiger partial charge in [0.1, 0.15) is 6.61 Å². The van der Waals surface area contributed by atoms with Gasteiger partial charge in [-0.05, 0) is 21.9 Å². The summed E-state index contributed by atoms with van der Waals surface area (Å²) < 4.78 is 5.48. The van der Waals surface area contributed by atoms with E-state index >= 15 is 0 Å². The van der Waals surface area contributed by atoms with Gasteiger partial charge in [0.2, 0.25) is 5.91 Å². The normalized spacial score (nSPS) is 11.7. The highest BCUT2D eigenvalue weighted by Gasteiger charge is 2.18. The van der Waals surface area contributed by atoms with Crippen molar-refractivity contribution in [3.8, 4) is 0 Å². The van der Waals surface area contributed by atoms with Crippen molar-refractivity contribution < 1.29 is 14.3 Å². The van der Waals surface area contributed by atoms with Crippen LogP contribution in [0.3, 0.4) is 0 Å². The molecule has 3 rings (SSSR count). The topological polar surface area (TPSA) is 55.4 Å². The van der Waals surface area contributed by atoms with Crippen LogP contribution >= 0.6 is 0 Å². The van der Waals surface area contributed by atoms with Crippen molar-refractivity contribution in [2.75, 3.05) is 0 Å². The molecule has 0 saturated carbocycles. The number of amides is 1. The van der Waals surface area contributed by atoms with Gasteiger partial charge >= 0.3 is 5.97 Å². The molecule has 0 radical (unpaired) electrons. The number of fused-ring (bicyclic) bond motifs is 1. The summed E-state index contributed by atoms with van der Waals surface area (Å²) in [6.07, 6.45) is 0.0916. The van der Waals surface area contributed by atoms with Crippen molar-refractivity contribution in [1.29, 1.82) is 0 Å². The third kappa shape index (κ3) is 4.48. The Morgan fingerprint density at radius 3 is 2.38 bits per heavy atom. The van der Waals surface area contributed by atoms with Crippen molar-refractivity contribution in [2.45, 2.75) is 26.0 Å². The molecule has 26 heavy (non-hydrogen) atoms. The molecule has 0 aliphatic heterocycles. The van der Waals surface area contributed by atoms with Gasteiger partial charge in [-0.3, -0.25) is 9.59 Å². The van der Waals surface area contributed by atoms with Gasteiger partial charge < -0.3 is 10.1 Å². The Bertz CT molecular complexity index is 900. The lowest BCUT2D eigenvalue weighted by Gasteiger charge is -2.18. The van der Waals surface area contributed by atoms with Crippen molar-refractivity contribution in [3.63, 3.8) is 0 Å². The summed E-state index contributed by atoms with van der Waals surface area (Å²) in [7, 11) is 0. The minimum absolute atomic E-state index is 0.0916. The summed E-state index contributed by atoms with van der Waals surface area (Å²) in [6, 6.07) is 23.0. The molecule has 3 aromatic carbocycles. The molecule has 0 fully saturated rings. The van der Waals surface area contributed by atoms with Crippen molar-refractivity contribution in [3.05, 3.63) is 83.9 Å². The second kappa shape index (κ2) is 8.30. The minimum Gasteiger partial charge on any atom is -0.461 e. The highest BCUT2D eigenvalue weighted by molar-refractivity contribution is 5.85. The zero-order valence-corrected chi connectivity index (χ0v) is 14.6. The number of benzene rings is 3. The van der Waals surface area contributed by atoms with Gasteiger partial charge in [0.05, 0.1) is 12.5 Å². The van der Waals surface area contributed by atoms with Crippen LogP contribution in [-0.4, -0.2) is 11.9 Å². The molecular weight excluding hydrogens is 326 g/mol. The summed E-state index contributed by atoms with van der Waals surface area (Å²) in [5.74, 6) is -0.527. The molecule has 132 valence electrons. The number of carbonyl (C=O) groups excluding carboxylic acids is 2. The van der Waals surface area contributed by atoms with E-state index in [0.717, 1.165) is 21.9 Å². The Labute approximate surface area is 152 Å². The molecule has 0 aliphatic carbocycles. The molecule has 4 nitrogen and oxygen atoms in total. The average Bonchev–Trinajstić information content (AvgIpc) is 2.66. The van der Waals surface area contributed by atoms with Gasteiger partial charge in [-0.2, -0.15) is 0 Å². The Morgan fingerprint density at radius 1 is 0.923 bits per heavy atom. The number of ether oxygens (including phenoxy) is 1. The Morgan fingerprint density at radius 2 is 1.62 bits per heavy atom. The molecule has 1 atom stereocenters. The molecule has 0 heterocycles. The number of rotatable bonds is 6. The maximum atomic E-state index is 12.3. The lowest BCUT2D eigenvalue weighted by atomic mass is 10.0. The number of esters is 1. The van der Waals surface area contributed by atoms with Crippen molar-refractivity contribution in [2.24, 2.45) is 0 Å². The second-order valence-corrected chi connectivity index (χ2v) is 6.17. The van der Waals surface area contributed by atoms with Crippen LogP contribution in [0.2, 0.25) is 0 Å². The second-order valence-electron chi connectivity index (χ2n) is 6.17. The van der Waals surface area contributed by atoms with E-state index in [-0.39, 0.29) is 24.9 Å². The highest BCUT2D eigenvalue weighted by Crippen LogP contribution is 2.21. The van der Waals surface area contributed by atoms with Gasteiger partial charge in [0.25, 0.3) is 0 Å². The lowest BCUT2D eigenvalue weighted by Crippen LogP contribution is -2.28. The smallest absolute Gasteiger partial charge is 0.308 e. The molecule has 0 aliphatic rings. The minimum atomic E-state index is -0.395. The van der Waals surface area contributed by atoms with Gasteiger partial charge in [-0.1, -0.05) is 72.8 Å². The number of hydrogen-bond donors (Lipinski definition) is 1. The quantitative estimate of drug-likeness (QED) is 0.682. The predicted octanol–water partition coefficient (Wildman–Crippen LogP) is 4.15. The van der Waals surface area contributed by atoms with Crippen LogP contribution in [0.1, 0.15) is 30.5 Å². The zero-order valence-electron chi connectivity index (χ0n) is 14.6. The van der Waals surface area contributed by atoms with E-state index in [2.05, 4.69) is 5.32 Å². The van der Waals surface area contributed by atoms with Gasteiger partial charge in [0, 0.05) is 6.92 Å². The molecular formula is C22H21NO3. The van der Waals surface area contributed by atoms with E-state index < -0.39 is 6.04 Å². The Balaban J connectivity index is 1.67. The predicted molar refractivity (Wildman–Crippen MR) is 101 cm³/mol. The third-order valence-electron chi connectivity index (χ3n) is 4.22. The van der Waals surface area contributed by atoms with E-state index in [9.17, 15) is 9.59 Å². The van der Waals surface area contributed by atoms with Crippen LogP contribution in [0.5, 0.6) is 0 Å². The summed E-state index contributed by atoms with van der Waals surface area (Å²) in [4.78, 5) is 23.8. The first-order valence-corrected chi connectivity index (χ1v) is 8.58. The largest absolute Gasteiger partial charge is 0.461 e. The monoisotopic (exact) mass is 347 g/mol. The van der Waals surface area contributed by atoms with Gasteiger partial charge in [-0.15, -0.1) is 0 Å². The fraction of sp³-hybridized carbons (Fsp3) is 0.182. The van der Waals surface area contributed by atoms with Gasteiger partial charge in [-0.25, -0.2) is 0 Å². The summed E-state index contributed by atoms with van der Waals surface area (Å²) in [5.41, 5.74) is 1.84. The first-order valence-electron chi connectivity index (χ1n) is 8.58. The van der Waals surface area contributed by atoms with E-state index in [1.165, 1.54) is 6.92 Å². The molecule has 3 aromatic rings. The van der Waals surface area contributed by atoms with E-state index in [1.807, 2.05) is 72.8 Å². The van der Waals surface area contributed by atoms with Crippen LogP contribution < -0.4 is 5.32 Å². The fourth-order valence-corrected chi connectivity index (χ4v) is 2.99. The maximum absolute atomic E-state index is 12.3. The zero-order chi connectivity index (χ0) is 18.4. The third-order valence-corrected chi connectivity index (χ3v) is 4.22. The number of nitrogens with one attached hydrogen (secondary N) is 1. The van der Waals surface area contributed by atoms with Crippen LogP contribution in [0.25, 0.3) is 10.8 Å². The average molecular weight is 347 g/mol. The summed E-state index contributed by atoms with van der Waals surface area (Å²) in [5, 5.41) is 5.00. The SMILES string of the molecule is CC(=O)N[C@@H](CC(=O)OCc1cccc2ccccc12)c1ccccc1. The Hall–Kier alpha value is -3.14. The Kier molecular flexibility index (Phi) is 5.64. The first-order chi connectivity index (χ1) is 12.6. The summed E-state index contributed by atoms with van der Waals surface area (Å²) in [6.45, 7) is 1.65. The molecule has 1 N–H and O–H groups in total. The molecule has 1 amide bonds. The molecule has 0 bridgehead atoms. The standard InChI is InChI=1S/C22H21NO3/c1-16(24)23-21(18-9-3-2-4-10-18)14-22(25)26-15-19-12-7-11-17-8-5-6-13-20(17)19/h2-13,21H,14-15H2,1H3,(H,23,24)/t21-/m0/s1. The number of carbonyl (C=O) groups is 2. The fourth-order valence-electron chi connectivity index (χ4n) is 2.99. The van der Waals surface area contributed by atoms with Crippen LogP contribution in [0.4, 0.5) is 0 Å². The molecule has 0 unspecified atom stereocenters. The van der Waals surface area contributed by atoms with Crippen LogP contribution in [0, 0.1) is 0 Å². The number of hydrogen-bond acceptors (Lipinski definition) is 3. The van der Waals surface area contributed by atoms with E-state index in [1.54, 1.807) is 0 Å². The first kappa shape index (κ1) is 17.7. The van der Waals surface area contributed by atoms with E-state index in [4.69, 9.17) is 4.74 Å². The van der Waals surface area contributed by atoms with E-state index in [0.29, 0.717) is 0 Å². The molecule has 0 saturated heterocycles. The van der Waals surface area contributed by atoms with Gasteiger partial charge in [0.15, 0.2) is 0 Å². The van der Waals surface area contributed by atoms with Crippen LogP contribution in [0.15, 0.2) is 72.8 Å². The molecule has 0 spiro atoms. The highest BCUT2D eigenvalue weighted by atomic mass is 16.5. The van der Waals surface area contributed by atoms with Crippen LogP contribution in [-0.2, 0) is 20.9 Å². The summed E-state index contributed by atoms with van der Waals surface area (Å²) >= 11 is 0.